The summed E-state index contributed by atoms with van der Waals surface area (Å²) in [5.41, 5.74) is 2.33. The van der Waals surface area contributed by atoms with Crippen molar-refractivity contribution >= 4 is 11.9 Å². The molecule has 0 amide bonds. The number of esters is 1. The number of hydrogen-bond acceptors (Lipinski definition) is 4. The third-order valence-corrected chi connectivity index (χ3v) is 4.41. The first-order valence-electron chi connectivity index (χ1n) is 8.85. The summed E-state index contributed by atoms with van der Waals surface area (Å²) >= 11 is 0. The summed E-state index contributed by atoms with van der Waals surface area (Å²) in [6.45, 7) is 5.78. The molecule has 0 unspecified atom stereocenters. The van der Waals surface area contributed by atoms with Gasteiger partial charge in [0.1, 0.15) is 0 Å². The number of nitrogens with zero attached hydrogens (tertiary/aromatic N) is 2. The van der Waals surface area contributed by atoms with Gasteiger partial charge in [-0.05, 0) is 30.9 Å². The number of rotatable bonds is 6. The highest BCUT2D eigenvalue weighted by atomic mass is 16.5. The van der Waals surface area contributed by atoms with Crippen LogP contribution in [0.4, 0.5) is 0 Å². The largest absolute Gasteiger partial charge is 0.469 e. The summed E-state index contributed by atoms with van der Waals surface area (Å²) in [7, 11) is 3.16. The van der Waals surface area contributed by atoms with Crippen molar-refractivity contribution in [3.05, 3.63) is 35.4 Å². The van der Waals surface area contributed by atoms with Gasteiger partial charge in [-0.25, -0.2) is 4.99 Å². The van der Waals surface area contributed by atoms with Crippen molar-refractivity contribution in [2.75, 3.05) is 33.9 Å². The van der Waals surface area contributed by atoms with Crippen LogP contribution in [0.25, 0.3) is 0 Å². The van der Waals surface area contributed by atoms with E-state index in [-0.39, 0.29) is 11.9 Å². The van der Waals surface area contributed by atoms with Gasteiger partial charge in [0.25, 0.3) is 0 Å². The van der Waals surface area contributed by atoms with Gasteiger partial charge < -0.3 is 19.7 Å². The number of benzene rings is 1. The lowest BCUT2D eigenvalue weighted by Gasteiger charge is -2.33. The maximum atomic E-state index is 11.7. The summed E-state index contributed by atoms with van der Waals surface area (Å²) in [5, 5.41) is 3.35. The van der Waals surface area contributed by atoms with Gasteiger partial charge in [0.15, 0.2) is 5.96 Å². The van der Waals surface area contributed by atoms with Gasteiger partial charge >= 0.3 is 5.97 Å². The quantitative estimate of drug-likeness (QED) is 0.485. The van der Waals surface area contributed by atoms with Crippen LogP contribution in [0.2, 0.25) is 0 Å². The second-order valence-corrected chi connectivity index (χ2v) is 6.20. The summed E-state index contributed by atoms with van der Waals surface area (Å²) in [6.07, 6.45) is 1.62. The van der Waals surface area contributed by atoms with Gasteiger partial charge in [-0.3, -0.25) is 4.79 Å². The molecule has 1 aliphatic heterocycles. The average Bonchev–Trinajstić information content (AvgIpc) is 2.66. The Kier molecular flexibility index (Phi) is 7.73. The fourth-order valence-electron chi connectivity index (χ4n) is 2.99. The molecule has 6 nitrogen and oxygen atoms in total. The topological polar surface area (TPSA) is 63.2 Å². The lowest BCUT2D eigenvalue weighted by Crippen LogP contribution is -2.46. The molecule has 0 atom stereocenters. The molecular formula is C19H29N3O3. The highest BCUT2D eigenvalue weighted by Crippen LogP contribution is 2.18. The van der Waals surface area contributed by atoms with Crippen LogP contribution in [0, 0.1) is 5.92 Å². The van der Waals surface area contributed by atoms with Crippen molar-refractivity contribution in [1.29, 1.82) is 0 Å². The predicted molar refractivity (Wildman–Crippen MR) is 98.3 cm³/mol. The molecule has 1 aromatic carbocycles. The molecule has 138 valence electrons. The zero-order valence-electron chi connectivity index (χ0n) is 15.5. The number of piperidine rings is 1. The molecular weight excluding hydrogens is 318 g/mol. The van der Waals surface area contributed by atoms with Crippen molar-refractivity contribution in [2.24, 2.45) is 10.9 Å². The molecule has 0 aliphatic carbocycles. The molecule has 1 fully saturated rings. The fraction of sp³-hybridized carbons (Fsp3) is 0.579. The van der Waals surface area contributed by atoms with E-state index in [9.17, 15) is 4.79 Å². The molecule has 0 bridgehead atoms. The van der Waals surface area contributed by atoms with E-state index in [1.54, 1.807) is 7.11 Å². The van der Waals surface area contributed by atoms with Gasteiger partial charge in [-0.15, -0.1) is 0 Å². The van der Waals surface area contributed by atoms with Crippen LogP contribution in [0.1, 0.15) is 30.9 Å². The van der Waals surface area contributed by atoms with Crippen LogP contribution >= 0.6 is 0 Å². The lowest BCUT2D eigenvalue weighted by atomic mass is 9.97. The number of nitrogens with one attached hydrogen (secondary N) is 1. The first kappa shape index (κ1) is 19.2. The first-order chi connectivity index (χ1) is 12.2. The minimum Gasteiger partial charge on any atom is -0.469 e. The average molecular weight is 347 g/mol. The second-order valence-electron chi connectivity index (χ2n) is 6.20. The molecule has 2 rings (SSSR count). The van der Waals surface area contributed by atoms with Gasteiger partial charge in [-0.1, -0.05) is 24.3 Å². The lowest BCUT2D eigenvalue weighted by molar-refractivity contribution is -0.146. The van der Waals surface area contributed by atoms with Gasteiger partial charge in [-0.2, -0.15) is 0 Å². The summed E-state index contributed by atoms with van der Waals surface area (Å²) < 4.78 is 9.99. The van der Waals surface area contributed by atoms with E-state index in [1.165, 1.54) is 12.7 Å². The Balaban J connectivity index is 1.95. The van der Waals surface area contributed by atoms with E-state index in [1.807, 2.05) is 0 Å². The summed E-state index contributed by atoms with van der Waals surface area (Å²) in [5.74, 6) is 0.821. The number of carbonyl (C=O) groups is 1. The predicted octanol–water partition coefficient (Wildman–Crippen LogP) is 2.18. The number of hydrogen-bond donors (Lipinski definition) is 1. The first-order valence-corrected chi connectivity index (χ1v) is 8.85. The summed E-state index contributed by atoms with van der Waals surface area (Å²) in [6, 6.07) is 8.32. The van der Waals surface area contributed by atoms with E-state index in [4.69, 9.17) is 14.5 Å². The van der Waals surface area contributed by atoms with Crippen molar-refractivity contribution in [3.63, 3.8) is 0 Å². The molecule has 6 heteroatoms. The SMILES string of the molecule is CCNC(=NCc1ccc(COC)cc1)N1CCC(C(=O)OC)CC1. The maximum Gasteiger partial charge on any atom is 0.308 e. The van der Waals surface area contributed by atoms with Crippen LogP contribution in [-0.4, -0.2) is 50.7 Å². The number of ether oxygens (including phenoxy) is 2. The zero-order valence-corrected chi connectivity index (χ0v) is 15.5. The Hall–Kier alpha value is -2.08. The minimum atomic E-state index is -0.0993. The molecule has 0 spiro atoms. The van der Waals surface area contributed by atoms with Crippen LogP contribution in [0.5, 0.6) is 0 Å². The number of carbonyl (C=O) groups excluding carboxylic acids is 1. The minimum absolute atomic E-state index is 0.0115. The number of aliphatic imine (C=N–C) groups is 1. The molecule has 1 saturated heterocycles. The van der Waals surface area contributed by atoms with Crippen molar-refractivity contribution < 1.29 is 14.3 Å². The standard InChI is InChI=1S/C19H29N3O3/c1-4-20-19(22-11-9-17(10-12-22)18(23)25-3)21-13-15-5-7-16(8-6-15)14-24-2/h5-8,17H,4,9-14H2,1-3H3,(H,20,21). The highest BCUT2D eigenvalue weighted by molar-refractivity contribution is 5.80. The normalized spacial score (nSPS) is 16.0. The fourth-order valence-corrected chi connectivity index (χ4v) is 2.99. The number of methoxy groups -OCH3 is 2. The van der Waals surface area contributed by atoms with E-state index in [0.717, 1.165) is 44.0 Å². The smallest absolute Gasteiger partial charge is 0.308 e. The third-order valence-electron chi connectivity index (χ3n) is 4.41. The molecule has 1 N–H and O–H groups in total. The van der Waals surface area contributed by atoms with Crippen molar-refractivity contribution in [2.45, 2.75) is 32.9 Å². The third kappa shape index (κ3) is 5.74. The van der Waals surface area contributed by atoms with Gasteiger partial charge in [0.2, 0.25) is 0 Å². The van der Waals surface area contributed by atoms with E-state index < -0.39 is 0 Å². The number of guanidine groups is 1. The summed E-state index contributed by atoms with van der Waals surface area (Å²) in [4.78, 5) is 18.6. The number of likely N-dealkylation sites (tertiary alicyclic amines) is 1. The van der Waals surface area contributed by atoms with E-state index in [2.05, 4.69) is 41.4 Å². The van der Waals surface area contributed by atoms with E-state index in [0.29, 0.717) is 13.2 Å². The van der Waals surface area contributed by atoms with Gasteiger partial charge in [0, 0.05) is 26.7 Å². The second kappa shape index (κ2) is 10.0. The molecule has 0 saturated carbocycles. The zero-order chi connectivity index (χ0) is 18.1. The van der Waals surface area contributed by atoms with Crippen molar-refractivity contribution in [3.8, 4) is 0 Å². The highest BCUT2D eigenvalue weighted by Gasteiger charge is 2.26. The maximum absolute atomic E-state index is 11.7. The Morgan fingerprint density at radius 2 is 1.84 bits per heavy atom. The molecule has 0 radical (unpaired) electrons. The van der Waals surface area contributed by atoms with Crippen LogP contribution in [-0.2, 0) is 27.4 Å². The Bertz CT molecular complexity index is 564. The molecule has 1 heterocycles. The molecule has 25 heavy (non-hydrogen) atoms. The monoisotopic (exact) mass is 347 g/mol. The Morgan fingerprint density at radius 3 is 2.40 bits per heavy atom. The van der Waals surface area contributed by atoms with Crippen LogP contribution < -0.4 is 5.32 Å². The Morgan fingerprint density at radius 1 is 1.20 bits per heavy atom. The van der Waals surface area contributed by atoms with E-state index >= 15 is 0 Å². The molecule has 1 aliphatic rings. The van der Waals surface area contributed by atoms with Crippen LogP contribution in [0.15, 0.2) is 29.3 Å². The van der Waals surface area contributed by atoms with Crippen molar-refractivity contribution in [1.82, 2.24) is 10.2 Å². The van der Waals surface area contributed by atoms with Crippen LogP contribution in [0.3, 0.4) is 0 Å². The Labute approximate surface area is 150 Å². The molecule has 1 aromatic rings. The van der Waals surface area contributed by atoms with Gasteiger partial charge in [0.05, 0.1) is 26.2 Å². The molecule has 0 aromatic heterocycles.